The van der Waals surface area contributed by atoms with Crippen LogP contribution in [0.5, 0.6) is 23.0 Å². The van der Waals surface area contributed by atoms with E-state index in [0.29, 0.717) is 27.7 Å². The number of phenolic OH excluding ortho intramolecular Hbond substituents is 3. The lowest BCUT2D eigenvalue weighted by Gasteiger charge is -2.33. The van der Waals surface area contributed by atoms with E-state index in [1.807, 2.05) is 59.0 Å². The van der Waals surface area contributed by atoms with E-state index in [1.54, 1.807) is 26.3 Å². The summed E-state index contributed by atoms with van der Waals surface area (Å²) in [6.45, 7) is 26.9. The van der Waals surface area contributed by atoms with Crippen LogP contribution in [0.15, 0.2) is 73.1 Å². The average Bonchev–Trinajstić information content (AvgIpc) is 3.64. The van der Waals surface area contributed by atoms with Crippen LogP contribution < -0.4 is 30.1 Å². The number of thiocarbonyl (C=S) groups is 1. The number of carbonyl (C=O) groups is 1. The molecule has 1 unspecified atom stereocenters. The third kappa shape index (κ3) is 14.3. The van der Waals surface area contributed by atoms with Crippen LogP contribution in [0.25, 0.3) is 11.3 Å². The largest absolute Gasteiger partial charge is 0.508 e. The first kappa shape index (κ1) is 54.0. The number of anilines is 3. The number of aldehydes is 1. The van der Waals surface area contributed by atoms with E-state index in [-0.39, 0.29) is 34.6 Å². The third-order valence-electron chi connectivity index (χ3n) is 11.2. The van der Waals surface area contributed by atoms with Crippen LogP contribution in [0.2, 0.25) is 0 Å². The maximum absolute atomic E-state index is 11.6. The maximum atomic E-state index is 11.6. The Hall–Kier alpha value is -5.33. The number of nitrogens with one attached hydrogen (secondary N) is 2. The quantitative estimate of drug-likeness (QED) is 0.0366. The number of methoxy groups -OCH3 is 1. The molecule has 0 aromatic heterocycles. The Kier molecular flexibility index (Phi) is 21.1. The van der Waals surface area contributed by atoms with E-state index in [9.17, 15) is 20.1 Å². The maximum Gasteiger partial charge on any atom is 0.150 e. The highest BCUT2D eigenvalue weighted by atomic mass is 32.1. The van der Waals surface area contributed by atoms with Crippen molar-refractivity contribution < 1.29 is 24.9 Å². The molecule has 10 nitrogen and oxygen atoms in total. The Bertz CT molecular complexity index is 2290. The number of hydrogen-bond acceptors (Lipinski definition) is 11. The number of nitrogens with zero attached hydrogens (tertiary/aromatic N) is 3. The van der Waals surface area contributed by atoms with Gasteiger partial charge >= 0.3 is 0 Å². The summed E-state index contributed by atoms with van der Waals surface area (Å²) in [5, 5.41) is 36.7. The molecule has 4 aromatic rings. The second kappa shape index (κ2) is 25.4. The standard InChI is InChI=1S/C27H37N3O2S.C14H19NO2S.C12H19NO/c1-7-11-29(18(5)6)24-13-21(10-9-19(24)8-2)30-25(15-28-27(30)33)23-14-22(17(3)4)20(16-31)12-26(23)32;1-8(2)11-5-12(14(17)6-13(11)16)9(3)7-15-10(4)18;1-5-8-13(3)11-9-10(2)6-7-12(11)14-4/h9-10,12-18,27-28,32-33H,7-8,11H2,1-6H3;5-8,16-17H,1-4H3,(H,15,18);6-7,9H,5,8H2,1-4H3/b;9-7+;. The van der Waals surface area contributed by atoms with E-state index in [0.717, 1.165) is 72.5 Å². The summed E-state index contributed by atoms with van der Waals surface area (Å²) in [5.74, 6) is 1.57. The van der Waals surface area contributed by atoms with Crippen LogP contribution in [0.1, 0.15) is 145 Å². The van der Waals surface area contributed by atoms with E-state index in [2.05, 4.69) is 104 Å². The Labute approximate surface area is 400 Å². The average molecular weight is 926 g/mol. The molecule has 0 fully saturated rings. The van der Waals surface area contributed by atoms with Gasteiger partial charge in [0, 0.05) is 72.7 Å². The van der Waals surface area contributed by atoms with Gasteiger partial charge in [-0.25, -0.2) is 0 Å². The van der Waals surface area contributed by atoms with Gasteiger partial charge < -0.3 is 45.4 Å². The molecule has 1 heterocycles. The number of ether oxygens (including phenoxy) is 1. The molecule has 4 aromatic carbocycles. The fourth-order valence-electron chi connectivity index (χ4n) is 7.73. The lowest BCUT2D eigenvalue weighted by Crippen LogP contribution is -2.34. The van der Waals surface area contributed by atoms with Crippen molar-refractivity contribution in [2.75, 3.05) is 41.9 Å². The van der Waals surface area contributed by atoms with Gasteiger partial charge in [-0.1, -0.05) is 72.8 Å². The van der Waals surface area contributed by atoms with Gasteiger partial charge in [-0.3, -0.25) is 4.79 Å². The van der Waals surface area contributed by atoms with Crippen molar-refractivity contribution in [3.8, 4) is 23.0 Å². The van der Waals surface area contributed by atoms with Crippen LogP contribution in [0, 0.1) is 6.92 Å². The molecule has 0 spiro atoms. The van der Waals surface area contributed by atoms with Crippen molar-refractivity contribution in [1.29, 1.82) is 0 Å². The molecule has 65 heavy (non-hydrogen) atoms. The normalized spacial score (nSPS) is 13.4. The molecule has 5 N–H and O–H groups in total. The topological polar surface area (TPSA) is 121 Å². The first-order chi connectivity index (χ1) is 30.7. The van der Waals surface area contributed by atoms with E-state index < -0.39 is 0 Å². The molecule has 1 atom stereocenters. The van der Waals surface area contributed by atoms with Gasteiger partial charge in [-0.15, -0.1) is 12.6 Å². The lowest BCUT2D eigenvalue weighted by molar-refractivity contribution is 0.112. The fourth-order valence-corrected chi connectivity index (χ4v) is 8.12. The number of phenols is 3. The monoisotopic (exact) mass is 926 g/mol. The van der Waals surface area contributed by atoms with Gasteiger partial charge in [-0.2, -0.15) is 0 Å². The Morgan fingerprint density at radius 1 is 0.877 bits per heavy atom. The molecule has 0 amide bonds. The zero-order chi connectivity index (χ0) is 48.7. The minimum absolute atomic E-state index is 0.0643. The fraction of sp³-hybridized carbons (Fsp3) is 0.434. The highest BCUT2D eigenvalue weighted by molar-refractivity contribution is 7.81. The first-order valence-electron chi connectivity index (χ1n) is 22.8. The van der Waals surface area contributed by atoms with Crippen LogP contribution in [0.4, 0.5) is 17.1 Å². The van der Waals surface area contributed by atoms with E-state index in [4.69, 9.17) is 29.6 Å². The number of rotatable bonds is 16. The summed E-state index contributed by atoms with van der Waals surface area (Å²) in [5.41, 5.74) is 11.0. The zero-order valence-electron chi connectivity index (χ0n) is 41.2. The highest BCUT2D eigenvalue weighted by Crippen LogP contribution is 2.41. The lowest BCUT2D eigenvalue weighted by atomic mass is 9.93. The van der Waals surface area contributed by atoms with Gasteiger partial charge in [0.05, 0.1) is 23.5 Å². The molecular formula is C53H75N5O5S2. The highest BCUT2D eigenvalue weighted by Gasteiger charge is 2.29. The molecule has 5 rings (SSSR count). The first-order valence-corrected chi connectivity index (χ1v) is 23.7. The second-order valence-corrected chi connectivity index (χ2v) is 18.5. The minimum Gasteiger partial charge on any atom is -0.508 e. The SMILES string of the molecule is CC(=S)N/C=C(\C)c1cc(C(C)C)c(O)cc1O.CCCN(C)c1cc(C)ccc1OC.CCCN(c1cc(N2C(c3cc(C(C)C)c(C=O)cc3O)=CNC2S)ccc1CC)C(C)C. The Morgan fingerprint density at radius 2 is 1.54 bits per heavy atom. The van der Waals surface area contributed by atoms with Crippen LogP contribution in [-0.4, -0.2) is 65.4 Å². The van der Waals surface area contributed by atoms with Crippen molar-refractivity contribution in [1.82, 2.24) is 10.6 Å². The van der Waals surface area contributed by atoms with Gasteiger partial charge in [0.15, 0.2) is 0 Å². The summed E-state index contributed by atoms with van der Waals surface area (Å²) < 4.78 is 5.33. The van der Waals surface area contributed by atoms with E-state index >= 15 is 0 Å². The number of hydrogen-bond donors (Lipinski definition) is 6. The predicted molar refractivity (Wildman–Crippen MR) is 283 cm³/mol. The number of benzene rings is 4. The molecule has 12 heteroatoms. The summed E-state index contributed by atoms with van der Waals surface area (Å²) in [6, 6.07) is 19.9. The van der Waals surface area contributed by atoms with Gasteiger partial charge in [0.1, 0.15) is 34.8 Å². The summed E-state index contributed by atoms with van der Waals surface area (Å²) >= 11 is 9.70. The molecule has 1 aliphatic heterocycles. The van der Waals surface area contributed by atoms with Gasteiger partial charge in [-0.05, 0) is 136 Å². The molecule has 0 saturated heterocycles. The van der Waals surface area contributed by atoms with E-state index in [1.165, 1.54) is 28.6 Å². The molecule has 0 radical (unpaired) electrons. The van der Waals surface area contributed by atoms with Crippen molar-refractivity contribution >= 4 is 64.5 Å². The van der Waals surface area contributed by atoms with Gasteiger partial charge in [0.2, 0.25) is 0 Å². The molecular weight excluding hydrogens is 851 g/mol. The smallest absolute Gasteiger partial charge is 0.150 e. The van der Waals surface area contributed by atoms with Crippen molar-refractivity contribution in [2.45, 2.75) is 126 Å². The van der Waals surface area contributed by atoms with Crippen LogP contribution >= 0.6 is 24.8 Å². The van der Waals surface area contributed by atoms with Crippen molar-refractivity contribution in [3.63, 3.8) is 0 Å². The number of allylic oxidation sites excluding steroid dienone is 1. The Morgan fingerprint density at radius 3 is 2.09 bits per heavy atom. The van der Waals surface area contributed by atoms with Crippen molar-refractivity contribution in [3.05, 3.63) is 112 Å². The molecule has 354 valence electrons. The summed E-state index contributed by atoms with van der Waals surface area (Å²) in [6.07, 6.45) is 7.62. The second-order valence-electron chi connectivity index (χ2n) is 17.4. The number of aryl methyl sites for hydroxylation is 2. The van der Waals surface area contributed by atoms with Crippen LogP contribution in [0.3, 0.4) is 0 Å². The van der Waals surface area contributed by atoms with Crippen LogP contribution in [-0.2, 0) is 6.42 Å². The molecule has 0 bridgehead atoms. The predicted octanol–water partition coefficient (Wildman–Crippen LogP) is 12.5. The number of thiol groups is 1. The van der Waals surface area contributed by atoms with Gasteiger partial charge in [0.25, 0.3) is 0 Å². The zero-order valence-corrected chi connectivity index (χ0v) is 42.9. The Balaban J connectivity index is 0.000000293. The summed E-state index contributed by atoms with van der Waals surface area (Å²) in [4.78, 5) is 19.0. The number of aromatic hydroxyl groups is 3. The molecule has 1 aliphatic rings. The van der Waals surface area contributed by atoms with Crippen molar-refractivity contribution in [2.24, 2.45) is 0 Å². The third-order valence-corrected chi connectivity index (χ3v) is 11.7. The minimum atomic E-state index is -0.272. The molecule has 0 saturated carbocycles. The molecule has 0 aliphatic carbocycles. The number of carbonyl (C=O) groups excluding carboxylic acids is 1. The summed E-state index contributed by atoms with van der Waals surface area (Å²) in [7, 11) is 3.81.